The smallest absolute Gasteiger partial charge is 0.218 e. The topological polar surface area (TPSA) is 110 Å². The molecule has 0 saturated heterocycles. The minimum Gasteiger partial charge on any atom is -0.439 e. The summed E-state index contributed by atoms with van der Waals surface area (Å²) >= 11 is 0. The first-order chi connectivity index (χ1) is 15.8. The number of ether oxygens (including phenoxy) is 1. The normalized spacial score (nSPS) is 12.2. The zero-order chi connectivity index (χ0) is 23.6. The van der Waals surface area contributed by atoms with E-state index in [0.29, 0.717) is 34.0 Å². The summed E-state index contributed by atoms with van der Waals surface area (Å²) in [6.07, 6.45) is 0.760. The molecule has 0 amide bonds. The molecule has 2 aromatic heterocycles. The van der Waals surface area contributed by atoms with Gasteiger partial charge < -0.3 is 15.6 Å². The third kappa shape index (κ3) is 4.77. The van der Waals surface area contributed by atoms with Crippen molar-refractivity contribution in [3.05, 3.63) is 84.1 Å². The van der Waals surface area contributed by atoms with Gasteiger partial charge in [0, 0.05) is 41.5 Å². The molecule has 0 radical (unpaired) electrons. The molecule has 0 bridgehead atoms. The van der Waals surface area contributed by atoms with Gasteiger partial charge in [0.05, 0.1) is 29.1 Å². The van der Waals surface area contributed by atoms with E-state index in [9.17, 15) is 10.4 Å². The SMILES string of the molecule is Cn1nc(-c2ccccc2)cc1Oc1cc(C#N)ccc1-c1ccc(C(O)C(C)(C)N)cn1. The van der Waals surface area contributed by atoms with Crippen molar-refractivity contribution in [3.8, 4) is 40.2 Å². The van der Waals surface area contributed by atoms with Crippen molar-refractivity contribution < 1.29 is 9.84 Å². The fourth-order valence-electron chi connectivity index (χ4n) is 3.45. The number of aromatic nitrogens is 3. The van der Waals surface area contributed by atoms with Gasteiger partial charge in [-0.05, 0) is 38.1 Å². The lowest BCUT2D eigenvalue weighted by Gasteiger charge is -2.25. The van der Waals surface area contributed by atoms with Crippen molar-refractivity contribution in [2.45, 2.75) is 25.5 Å². The summed E-state index contributed by atoms with van der Waals surface area (Å²) in [5.74, 6) is 1.01. The number of aliphatic hydroxyl groups is 1. The zero-order valence-corrected chi connectivity index (χ0v) is 18.7. The Morgan fingerprint density at radius 3 is 2.45 bits per heavy atom. The summed E-state index contributed by atoms with van der Waals surface area (Å²) in [6.45, 7) is 3.52. The van der Waals surface area contributed by atoms with E-state index in [-0.39, 0.29) is 0 Å². The van der Waals surface area contributed by atoms with Gasteiger partial charge in [-0.2, -0.15) is 10.4 Å². The first-order valence-electron chi connectivity index (χ1n) is 10.5. The van der Waals surface area contributed by atoms with Gasteiger partial charge in [0.25, 0.3) is 0 Å². The summed E-state index contributed by atoms with van der Waals surface area (Å²) in [4.78, 5) is 4.52. The largest absolute Gasteiger partial charge is 0.439 e. The van der Waals surface area contributed by atoms with Crippen LogP contribution in [0.3, 0.4) is 0 Å². The van der Waals surface area contributed by atoms with Gasteiger partial charge in [-0.3, -0.25) is 4.98 Å². The van der Waals surface area contributed by atoms with Gasteiger partial charge >= 0.3 is 0 Å². The van der Waals surface area contributed by atoms with Crippen LogP contribution in [0, 0.1) is 11.3 Å². The molecule has 1 unspecified atom stereocenters. The number of nitrogens with two attached hydrogens (primary N) is 1. The van der Waals surface area contributed by atoms with E-state index in [0.717, 1.165) is 11.3 Å². The molecule has 0 saturated carbocycles. The van der Waals surface area contributed by atoms with Crippen molar-refractivity contribution in [2.75, 3.05) is 0 Å². The van der Waals surface area contributed by atoms with Crippen LogP contribution in [-0.2, 0) is 7.05 Å². The number of rotatable bonds is 6. The van der Waals surface area contributed by atoms with Crippen LogP contribution in [-0.4, -0.2) is 25.4 Å². The minimum absolute atomic E-state index is 0.469. The highest BCUT2D eigenvalue weighted by atomic mass is 16.5. The second-order valence-electron chi connectivity index (χ2n) is 8.48. The molecule has 4 rings (SSSR count). The van der Waals surface area contributed by atoms with Crippen molar-refractivity contribution >= 4 is 0 Å². The molecule has 0 aliphatic rings. The van der Waals surface area contributed by atoms with Gasteiger partial charge in [0.2, 0.25) is 5.88 Å². The summed E-state index contributed by atoms with van der Waals surface area (Å²) in [5, 5.41) is 24.4. The molecule has 1 atom stereocenters. The lowest BCUT2D eigenvalue weighted by molar-refractivity contribution is 0.104. The second-order valence-corrected chi connectivity index (χ2v) is 8.48. The highest BCUT2D eigenvalue weighted by molar-refractivity contribution is 5.69. The molecule has 0 aliphatic carbocycles. The Hall–Kier alpha value is -3.99. The average molecular weight is 440 g/mol. The highest BCUT2D eigenvalue weighted by Crippen LogP contribution is 2.35. The van der Waals surface area contributed by atoms with Gasteiger partial charge in [-0.25, -0.2) is 4.68 Å². The lowest BCUT2D eigenvalue weighted by Crippen LogP contribution is -2.39. The van der Waals surface area contributed by atoms with Crippen LogP contribution in [0.25, 0.3) is 22.5 Å². The zero-order valence-electron chi connectivity index (χ0n) is 18.7. The molecular weight excluding hydrogens is 414 g/mol. The molecular formula is C26H25N5O2. The Bertz CT molecular complexity index is 1300. The first kappa shape index (κ1) is 22.2. The predicted molar refractivity (Wildman–Crippen MR) is 126 cm³/mol. The number of nitriles is 1. The average Bonchev–Trinajstić information content (AvgIpc) is 3.18. The molecule has 0 spiro atoms. The third-order valence-electron chi connectivity index (χ3n) is 5.31. The summed E-state index contributed by atoms with van der Waals surface area (Å²) in [7, 11) is 1.80. The molecule has 2 heterocycles. The van der Waals surface area contributed by atoms with Gasteiger partial charge in [-0.1, -0.05) is 36.4 Å². The molecule has 7 nitrogen and oxygen atoms in total. The van der Waals surface area contributed by atoms with E-state index in [2.05, 4.69) is 16.2 Å². The molecule has 166 valence electrons. The van der Waals surface area contributed by atoms with Crippen molar-refractivity contribution in [1.29, 1.82) is 5.26 Å². The summed E-state index contributed by atoms with van der Waals surface area (Å²) in [5.41, 5.74) is 9.45. The third-order valence-corrected chi connectivity index (χ3v) is 5.31. The van der Waals surface area contributed by atoms with E-state index in [1.165, 1.54) is 0 Å². The standard InChI is InChI=1S/C26H25N5O2/c1-26(2,28)25(32)19-10-12-21(29-16-19)20-11-9-17(15-27)13-23(20)33-24-14-22(30-31(24)3)18-7-5-4-6-8-18/h4-14,16,25,32H,28H2,1-3H3. The number of aryl methyl sites for hydroxylation is 1. The van der Waals surface area contributed by atoms with E-state index in [1.807, 2.05) is 36.4 Å². The number of benzene rings is 2. The van der Waals surface area contributed by atoms with Crippen molar-refractivity contribution in [3.63, 3.8) is 0 Å². The second kappa shape index (κ2) is 8.87. The fraction of sp³-hybridized carbons (Fsp3) is 0.192. The maximum atomic E-state index is 10.4. The Balaban J connectivity index is 1.69. The Morgan fingerprint density at radius 1 is 1.06 bits per heavy atom. The Morgan fingerprint density at radius 2 is 1.82 bits per heavy atom. The maximum Gasteiger partial charge on any atom is 0.218 e. The molecule has 7 heteroatoms. The van der Waals surface area contributed by atoms with Crippen LogP contribution in [0.1, 0.15) is 31.1 Å². The van der Waals surface area contributed by atoms with Crippen LogP contribution in [0.15, 0.2) is 72.9 Å². The van der Waals surface area contributed by atoms with E-state index >= 15 is 0 Å². The molecule has 2 aromatic carbocycles. The highest BCUT2D eigenvalue weighted by Gasteiger charge is 2.25. The number of aliphatic hydroxyl groups excluding tert-OH is 1. The molecule has 3 N–H and O–H groups in total. The molecule has 4 aromatic rings. The van der Waals surface area contributed by atoms with Crippen LogP contribution < -0.4 is 10.5 Å². The molecule has 0 fully saturated rings. The Labute approximate surface area is 192 Å². The number of pyridine rings is 1. The van der Waals surface area contributed by atoms with Crippen LogP contribution >= 0.6 is 0 Å². The number of hydrogen-bond acceptors (Lipinski definition) is 6. The van der Waals surface area contributed by atoms with E-state index in [4.69, 9.17) is 10.5 Å². The van der Waals surface area contributed by atoms with Crippen molar-refractivity contribution in [1.82, 2.24) is 14.8 Å². The minimum atomic E-state index is -0.846. The molecule has 0 aliphatic heterocycles. The van der Waals surface area contributed by atoms with Crippen molar-refractivity contribution in [2.24, 2.45) is 12.8 Å². The summed E-state index contributed by atoms with van der Waals surface area (Å²) < 4.78 is 7.87. The van der Waals surface area contributed by atoms with Gasteiger partial charge in [0.1, 0.15) is 5.75 Å². The molecule has 33 heavy (non-hydrogen) atoms. The van der Waals surface area contributed by atoms with Crippen LogP contribution in [0.2, 0.25) is 0 Å². The summed E-state index contributed by atoms with van der Waals surface area (Å²) in [6, 6.07) is 22.6. The van der Waals surface area contributed by atoms with E-state index in [1.54, 1.807) is 62.1 Å². The van der Waals surface area contributed by atoms with Gasteiger partial charge in [-0.15, -0.1) is 0 Å². The predicted octanol–water partition coefficient (Wildman–Crippen LogP) is 4.58. The number of nitrogens with zero attached hydrogens (tertiary/aromatic N) is 4. The Kier molecular flexibility index (Phi) is 5.97. The van der Waals surface area contributed by atoms with E-state index < -0.39 is 11.6 Å². The monoisotopic (exact) mass is 439 g/mol. The first-order valence-corrected chi connectivity index (χ1v) is 10.5. The quantitative estimate of drug-likeness (QED) is 0.455. The lowest BCUT2D eigenvalue weighted by atomic mass is 9.93. The fourth-order valence-corrected chi connectivity index (χ4v) is 3.45. The number of hydrogen-bond donors (Lipinski definition) is 2. The van der Waals surface area contributed by atoms with Crippen LogP contribution in [0.5, 0.6) is 11.6 Å². The van der Waals surface area contributed by atoms with Gasteiger partial charge in [0.15, 0.2) is 0 Å². The van der Waals surface area contributed by atoms with Crippen LogP contribution in [0.4, 0.5) is 0 Å². The maximum absolute atomic E-state index is 10.4.